The zero-order valence-corrected chi connectivity index (χ0v) is 21.9. The average Bonchev–Trinajstić information content (AvgIpc) is 2.78. The summed E-state index contributed by atoms with van der Waals surface area (Å²) in [6.07, 6.45) is 1.87. The number of carbonyl (C=O) groups is 2. The number of fused-ring (bicyclic) bond motifs is 2. The topological polar surface area (TPSA) is 148 Å². The highest BCUT2D eigenvalue weighted by molar-refractivity contribution is 7.92. The van der Waals surface area contributed by atoms with Crippen LogP contribution in [0.15, 0.2) is 51.8 Å². The summed E-state index contributed by atoms with van der Waals surface area (Å²) in [5.41, 5.74) is -0.616. The normalized spacial score (nSPS) is 22.9. The van der Waals surface area contributed by atoms with E-state index < -0.39 is 43.1 Å². The first-order valence-electron chi connectivity index (χ1n) is 11.3. The minimum Gasteiger partial charge on any atom is -0.366 e. The Morgan fingerprint density at radius 3 is 2.50 bits per heavy atom. The summed E-state index contributed by atoms with van der Waals surface area (Å²) < 4.78 is 61.1. The molecule has 2 unspecified atom stereocenters. The number of carbonyl (C=O) groups excluding carboxylic acids is 2. The Labute approximate surface area is 210 Å². The van der Waals surface area contributed by atoms with Gasteiger partial charge in [0.25, 0.3) is 10.0 Å². The molecule has 0 saturated heterocycles. The maximum absolute atomic E-state index is 14.0. The van der Waals surface area contributed by atoms with Crippen LogP contribution in [0.5, 0.6) is 0 Å². The third kappa shape index (κ3) is 4.56. The first kappa shape index (κ1) is 26.0. The van der Waals surface area contributed by atoms with Gasteiger partial charge >= 0.3 is 0 Å². The highest BCUT2D eigenvalue weighted by Gasteiger charge is 2.54. The first-order valence-corrected chi connectivity index (χ1v) is 14.6. The van der Waals surface area contributed by atoms with Crippen LogP contribution in [0.25, 0.3) is 0 Å². The molecular weight excluding hydrogens is 506 g/mol. The van der Waals surface area contributed by atoms with Crippen molar-refractivity contribution in [3.8, 4) is 0 Å². The van der Waals surface area contributed by atoms with Gasteiger partial charge in [-0.15, -0.1) is 4.40 Å². The number of anilines is 2. The van der Waals surface area contributed by atoms with E-state index in [0.717, 1.165) is 12.3 Å². The number of benzene rings is 2. The fourth-order valence-corrected chi connectivity index (χ4v) is 6.32. The van der Waals surface area contributed by atoms with Gasteiger partial charge in [0.05, 0.1) is 11.9 Å². The molecular formula is C24H27N3O7S2. The molecule has 4 rings (SSSR count). The number of sulfonamides is 2. The lowest BCUT2D eigenvalue weighted by Gasteiger charge is -2.40. The monoisotopic (exact) mass is 533 g/mol. The molecule has 36 heavy (non-hydrogen) atoms. The molecule has 1 aliphatic heterocycles. The highest BCUT2D eigenvalue weighted by Crippen LogP contribution is 2.43. The summed E-state index contributed by atoms with van der Waals surface area (Å²) in [5, 5.41) is 2.83. The molecule has 12 heteroatoms. The predicted molar refractivity (Wildman–Crippen MR) is 135 cm³/mol. The van der Waals surface area contributed by atoms with Crippen LogP contribution in [0.3, 0.4) is 0 Å². The fraction of sp³-hybridized carbons (Fsp3) is 0.375. The van der Waals surface area contributed by atoms with Gasteiger partial charge in [0.1, 0.15) is 16.6 Å². The second-order valence-corrected chi connectivity index (χ2v) is 12.7. The Kier molecular flexibility index (Phi) is 6.56. The van der Waals surface area contributed by atoms with Gasteiger partial charge in [-0.05, 0) is 37.0 Å². The van der Waals surface area contributed by atoms with Gasteiger partial charge in [-0.1, -0.05) is 38.1 Å². The summed E-state index contributed by atoms with van der Waals surface area (Å²) >= 11 is 0. The number of amidine groups is 1. The zero-order chi connectivity index (χ0) is 26.5. The van der Waals surface area contributed by atoms with Gasteiger partial charge in [-0.2, -0.15) is 8.42 Å². The average molecular weight is 534 g/mol. The first-order chi connectivity index (χ1) is 16.8. The number of nitrogens with one attached hydrogen (secondary N) is 2. The van der Waals surface area contributed by atoms with Gasteiger partial charge in [0.2, 0.25) is 10.0 Å². The van der Waals surface area contributed by atoms with Crippen molar-refractivity contribution in [1.29, 1.82) is 0 Å². The third-order valence-corrected chi connectivity index (χ3v) is 8.23. The predicted octanol–water partition coefficient (Wildman–Crippen LogP) is 2.93. The SMILES string of the molecule is COC1(CCC(C)C)C(=O)C(C2=NS(=O)(=O)c3cc(NS(C)(=O)=O)ccc3N2)C(=O)c2ccccc21. The van der Waals surface area contributed by atoms with Gasteiger partial charge in [0.15, 0.2) is 17.2 Å². The van der Waals surface area contributed by atoms with Crippen molar-refractivity contribution in [2.45, 2.75) is 37.2 Å². The van der Waals surface area contributed by atoms with Crippen molar-refractivity contribution >= 4 is 48.8 Å². The lowest BCUT2D eigenvalue weighted by Crippen LogP contribution is -2.53. The van der Waals surface area contributed by atoms with Crippen LogP contribution in [0.2, 0.25) is 0 Å². The number of nitrogens with zero attached hydrogens (tertiary/aromatic N) is 1. The molecule has 1 aliphatic carbocycles. The number of rotatable bonds is 7. The largest absolute Gasteiger partial charge is 0.366 e. The van der Waals surface area contributed by atoms with Crippen molar-refractivity contribution in [1.82, 2.24) is 0 Å². The Morgan fingerprint density at radius 1 is 1.17 bits per heavy atom. The van der Waals surface area contributed by atoms with E-state index in [1.165, 1.54) is 19.2 Å². The lowest BCUT2D eigenvalue weighted by molar-refractivity contribution is -0.145. The Morgan fingerprint density at radius 2 is 1.86 bits per heavy atom. The molecule has 1 heterocycles. The second-order valence-electron chi connectivity index (χ2n) is 9.33. The molecule has 0 amide bonds. The van der Waals surface area contributed by atoms with E-state index >= 15 is 0 Å². The molecule has 0 saturated carbocycles. The Bertz CT molecular complexity index is 1500. The quantitative estimate of drug-likeness (QED) is 0.516. The van der Waals surface area contributed by atoms with Gasteiger partial charge in [-0.3, -0.25) is 14.3 Å². The van der Waals surface area contributed by atoms with E-state index in [1.807, 2.05) is 13.8 Å². The van der Waals surface area contributed by atoms with Crippen LogP contribution < -0.4 is 10.0 Å². The summed E-state index contributed by atoms with van der Waals surface area (Å²) in [6.45, 7) is 4.02. The summed E-state index contributed by atoms with van der Waals surface area (Å²) in [5.74, 6) is -2.76. The van der Waals surface area contributed by atoms with Gasteiger partial charge < -0.3 is 10.1 Å². The molecule has 10 nitrogen and oxygen atoms in total. The summed E-state index contributed by atoms with van der Waals surface area (Å²) in [7, 11) is -6.61. The number of hydrogen-bond acceptors (Lipinski definition) is 8. The molecule has 2 aromatic carbocycles. The van der Waals surface area contributed by atoms with E-state index in [4.69, 9.17) is 4.74 Å². The van der Waals surface area contributed by atoms with E-state index in [9.17, 15) is 26.4 Å². The van der Waals surface area contributed by atoms with Crippen LogP contribution in [-0.2, 0) is 35.2 Å². The minimum atomic E-state index is -4.37. The van der Waals surface area contributed by atoms with Crippen LogP contribution in [0.1, 0.15) is 42.6 Å². The van der Waals surface area contributed by atoms with E-state index in [-0.39, 0.29) is 33.6 Å². The van der Waals surface area contributed by atoms with Crippen LogP contribution in [0, 0.1) is 11.8 Å². The Balaban J connectivity index is 1.82. The number of Topliss-reactive ketones (excluding diaryl/α,β-unsaturated/α-hetero) is 2. The van der Waals surface area contributed by atoms with Crippen molar-refractivity contribution in [2.75, 3.05) is 23.4 Å². The molecule has 0 bridgehead atoms. The number of methoxy groups -OCH3 is 1. The molecule has 0 radical (unpaired) electrons. The van der Waals surface area contributed by atoms with E-state index in [1.54, 1.807) is 24.3 Å². The molecule has 2 aliphatic rings. The second kappa shape index (κ2) is 9.09. The van der Waals surface area contributed by atoms with Crippen molar-refractivity contribution in [2.24, 2.45) is 16.2 Å². The van der Waals surface area contributed by atoms with Gasteiger partial charge in [-0.25, -0.2) is 8.42 Å². The number of hydrogen-bond donors (Lipinski definition) is 2. The minimum absolute atomic E-state index is 0.0334. The lowest BCUT2D eigenvalue weighted by atomic mass is 9.69. The maximum Gasteiger partial charge on any atom is 0.286 e. The highest BCUT2D eigenvalue weighted by atomic mass is 32.2. The standard InChI is InChI=1S/C24H27N3O7S2/c1-14(2)11-12-24(34-3)17-8-6-5-7-16(17)21(28)20(22(24)29)23-25-18-10-9-15(26-35(4,30)31)13-19(18)36(32,33)27-23/h5-10,13-14,20,26H,11-12H2,1-4H3,(H,25,27). The molecule has 2 N–H and O–H groups in total. The molecule has 0 fully saturated rings. The maximum atomic E-state index is 14.0. The van der Waals surface area contributed by atoms with Crippen LogP contribution >= 0.6 is 0 Å². The Hall–Kier alpha value is -3.09. The van der Waals surface area contributed by atoms with Crippen LogP contribution in [-0.4, -0.2) is 47.6 Å². The van der Waals surface area contributed by atoms with E-state index in [2.05, 4.69) is 14.4 Å². The zero-order valence-electron chi connectivity index (χ0n) is 20.2. The molecule has 2 aromatic rings. The van der Waals surface area contributed by atoms with Crippen molar-refractivity contribution < 1.29 is 31.2 Å². The van der Waals surface area contributed by atoms with E-state index in [0.29, 0.717) is 18.4 Å². The number of ether oxygens (including phenoxy) is 1. The third-order valence-electron chi connectivity index (χ3n) is 6.29. The van der Waals surface area contributed by atoms with Crippen LogP contribution in [0.4, 0.5) is 11.4 Å². The summed E-state index contributed by atoms with van der Waals surface area (Å²) in [4.78, 5) is 27.2. The van der Waals surface area contributed by atoms with Crippen molar-refractivity contribution in [3.63, 3.8) is 0 Å². The molecule has 0 aromatic heterocycles. The smallest absolute Gasteiger partial charge is 0.286 e. The van der Waals surface area contributed by atoms with Crippen molar-refractivity contribution in [3.05, 3.63) is 53.6 Å². The van der Waals surface area contributed by atoms with Gasteiger partial charge in [0, 0.05) is 23.9 Å². The molecule has 192 valence electrons. The molecule has 2 atom stereocenters. The summed E-state index contributed by atoms with van der Waals surface area (Å²) in [6, 6.07) is 10.5. The number of ketones is 2. The molecule has 0 spiro atoms. The fourth-order valence-electron chi connectivity index (χ4n) is 4.58.